The summed E-state index contributed by atoms with van der Waals surface area (Å²) in [4.78, 5) is 22.5. The highest BCUT2D eigenvalue weighted by Gasteiger charge is 2.90. The number of esters is 1. The summed E-state index contributed by atoms with van der Waals surface area (Å²) in [7, 11) is 4.72. The quantitative estimate of drug-likeness (QED) is 0.139. The summed E-state index contributed by atoms with van der Waals surface area (Å²) < 4.78 is 174. The minimum absolute atomic E-state index is 0.0735. The van der Waals surface area contributed by atoms with Crippen LogP contribution in [0.2, 0.25) is 0 Å². The zero-order valence-corrected chi connectivity index (χ0v) is 18.8. The van der Waals surface area contributed by atoms with Gasteiger partial charge in [-0.2, -0.15) is 57.1 Å². The SMILES string of the molecule is C[N+](C)(C)CC(CC(=O)[O-])OC(=O)CCCCC(F)(F)C(F)(F)C(F)(F)C(F)(F)C(F)(F)C(F)(F)F. The average molecular weight is 563 g/mol. The summed E-state index contributed by atoms with van der Waals surface area (Å²) in [5, 5.41) is 10.7. The third-order valence-electron chi connectivity index (χ3n) is 4.56. The number of aliphatic carboxylic acids is 1. The van der Waals surface area contributed by atoms with E-state index in [0.29, 0.717) is 0 Å². The molecule has 0 fully saturated rings. The smallest absolute Gasteiger partial charge is 0.460 e. The fraction of sp³-hybridized carbons (Fsp3) is 0.889. The molecular formula is C18H22F13NO4. The highest BCUT2D eigenvalue weighted by atomic mass is 19.4. The van der Waals surface area contributed by atoms with Crippen molar-refractivity contribution in [3.63, 3.8) is 0 Å². The first kappa shape index (κ1) is 34.0. The van der Waals surface area contributed by atoms with Crippen LogP contribution in [0.5, 0.6) is 0 Å². The summed E-state index contributed by atoms with van der Waals surface area (Å²) >= 11 is 0. The van der Waals surface area contributed by atoms with Crippen molar-refractivity contribution in [1.82, 2.24) is 0 Å². The minimum atomic E-state index is -7.96. The average Bonchev–Trinajstić information content (AvgIpc) is 2.61. The monoisotopic (exact) mass is 563 g/mol. The van der Waals surface area contributed by atoms with E-state index in [1.165, 1.54) is 0 Å². The summed E-state index contributed by atoms with van der Waals surface area (Å²) in [5.74, 6) is -40.1. The van der Waals surface area contributed by atoms with E-state index in [2.05, 4.69) is 0 Å². The number of hydrogen-bond acceptors (Lipinski definition) is 4. The minimum Gasteiger partial charge on any atom is -0.550 e. The lowest BCUT2D eigenvalue weighted by Gasteiger charge is -2.39. The van der Waals surface area contributed by atoms with Gasteiger partial charge in [0.25, 0.3) is 0 Å². The van der Waals surface area contributed by atoms with Gasteiger partial charge in [-0.1, -0.05) is 0 Å². The lowest BCUT2D eigenvalue weighted by Crippen LogP contribution is -2.70. The highest BCUT2D eigenvalue weighted by molar-refractivity contribution is 5.70. The number of carbonyl (C=O) groups is 2. The molecule has 0 aliphatic rings. The Morgan fingerprint density at radius 3 is 1.58 bits per heavy atom. The molecule has 0 saturated carbocycles. The number of hydrogen-bond donors (Lipinski definition) is 0. The maximum atomic E-state index is 13.7. The Morgan fingerprint density at radius 1 is 0.750 bits per heavy atom. The third-order valence-corrected chi connectivity index (χ3v) is 4.56. The van der Waals surface area contributed by atoms with E-state index >= 15 is 0 Å². The van der Waals surface area contributed by atoms with Crippen molar-refractivity contribution in [2.24, 2.45) is 0 Å². The fourth-order valence-electron chi connectivity index (χ4n) is 2.76. The van der Waals surface area contributed by atoms with Crippen LogP contribution in [0.15, 0.2) is 0 Å². The Kier molecular flexibility index (Phi) is 10.2. The molecule has 18 heteroatoms. The van der Waals surface area contributed by atoms with Gasteiger partial charge >= 0.3 is 41.8 Å². The largest absolute Gasteiger partial charge is 0.550 e. The Morgan fingerprint density at radius 2 is 1.19 bits per heavy atom. The van der Waals surface area contributed by atoms with Gasteiger partial charge in [0.05, 0.1) is 21.1 Å². The predicted molar refractivity (Wildman–Crippen MR) is 91.7 cm³/mol. The van der Waals surface area contributed by atoms with E-state index in [1.54, 1.807) is 21.1 Å². The van der Waals surface area contributed by atoms with Crippen molar-refractivity contribution in [3.8, 4) is 0 Å². The fourth-order valence-corrected chi connectivity index (χ4v) is 2.76. The lowest BCUT2D eigenvalue weighted by atomic mass is 9.91. The van der Waals surface area contributed by atoms with Crippen LogP contribution < -0.4 is 5.11 Å². The molecule has 0 amide bonds. The van der Waals surface area contributed by atoms with Crippen molar-refractivity contribution < 1.29 is 81.0 Å². The Bertz CT molecular complexity index is 776. The van der Waals surface area contributed by atoms with Crippen LogP contribution in [-0.2, 0) is 14.3 Å². The highest BCUT2D eigenvalue weighted by Crippen LogP contribution is 2.60. The first-order valence-corrected chi connectivity index (χ1v) is 9.79. The number of carbonyl (C=O) groups excluding carboxylic acids is 2. The van der Waals surface area contributed by atoms with Crippen LogP contribution in [0.4, 0.5) is 57.1 Å². The van der Waals surface area contributed by atoms with Gasteiger partial charge in [0.15, 0.2) is 6.10 Å². The first-order valence-electron chi connectivity index (χ1n) is 9.79. The molecule has 0 aromatic carbocycles. The molecule has 0 N–H and O–H groups in total. The van der Waals surface area contributed by atoms with E-state index in [-0.39, 0.29) is 11.0 Å². The number of halogens is 13. The molecule has 36 heavy (non-hydrogen) atoms. The third kappa shape index (κ3) is 7.50. The Balaban J connectivity index is 5.34. The van der Waals surface area contributed by atoms with E-state index < -0.39 is 85.9 Å². The molecule has 0 aliphatic heterocycles. The van der Waals surface area contributed by atoms with Crippen LogP contribution in [0.25, 0.3) is 0 Å². The van der Waals surface area contributed by atoms with E-state index in [1.807, 2.05) is 0 Å². The van der Waals surface area contributed by atoms with Crippen LogP contribution in [-0.4, -0.2) is 86.0 Å². The molecule has 214 valence electrons. The Labute approximate surface area is 195 Å². The molecule has 0 spiro atoms. The van der Waals surface area contributed by atoms with Gasteiger partial charge in [0.1, 0.15) is 6.54 Å². The normalized spacial score (nSPS) is 15.6. The van der Waals surface area contributed by atoms with E-state index in [0.717, 1.165) is 0 Å². The van der Waals surface area contributed by atoms with Crippen molar-refractivity contribution in [1.29, 1.82) is 0 Å². The van der Waals surface area contributed by atoms with E-state index in [4.69, 9.17) is 4.74 Å². The van der Waals surface area contributed by atoms with Crippen LogP contribution in [0, 0.1) is 0 Å². The van der Waals surface area contributed by atoms with Crippen LogP contribution in [0.3, 0.4) is 0 Å². The first-order chi connectivity index (χ1) is 15.6. The topological polar surface area (TPSA) is 66.4 Å². The number of unbranched alkanes of at least 4 members (excludes halogenated alkanes) is 1. The number of nitrogens with zero attached hydrogens (tertiary/aromatic N) is 1. The molecule has 1 unspecified atom stereocenters. The van der Waals surface area contributed by atoms with Gasteiger partial charge in [-0.05, 0) is 12.8 Å². The van der Waals surface area contributed by atoms with Crippen molar-refractivity contribution in [2.75, 3.05) is 27.7 Å². The second-order valence-electron chi connectivity index (χ2n) is 8.87. The maximum absolute atomic E-state index is 13.7. The number of alkyl halides is 13. The van der Waals surface area contributed by atoms with Crippen molar-refractivity contribution in [3.05, 3.63) is 0 Å². The number of likely N-dealkylation sites (N-methyl/N-ethyl adjacent to an activating group) is 1. The molecule has 0 heterocycles. The lowest BCUT2D eigenvalue weighted by molar-refractivity contribution is -0.873. The molecule has 1 atom stereocenters. The molecule has 0 bridgehead atoms. The molecule has 0 saturated heterocycles. The number of quaternary nitrogens is 1. The van der Waals surface area contributed by atoms with Gasteiger partial charge in [-0.15, -0.1) is 0 Å². The second kappa shape index (κ2) is 10.8. The maximum Gasteiger partial charge on any atom is 0.460 e. The number of ether oxygens (including phenoxy) is 1. The van der Waals surface area contributed by atoms with Gasteiger partial charge in [-0.25, -0.2) is 0 Å². The van der Waals surface area contributed by atoms with Gasteiger partial charge in [0.2, 0.25) is 0 Å². The second-order valence-corrected chi connectivity index (χ2v) is 8.87. The Hall–Kier alpha value is -2.01. The molecule has 0 aromatic rings. The molecule has 0 rings (SSSR count). The molecule has 0 aromatic heterocycles. The zero-order valence-electron chi connectivity index (χ0n) is 18.8. The number of carboxylic acids is 1. The number of rotatable bonds is 14. The molecule has 0 radical (unpaired) electrons. The molecule has 0 aliphatic carbocycles. The zero-order chi connectivity index (χ0) is 29.2. The van der Waals surface area contributed by atoms with Crippen molar-refractivity contribution in [2.45, 2.75) is 74.0 Å². The van der Waals surface area contributed by atoms with Gasteiger partial charge in [0, 0.05) is 25.2 Å². The van der Waals surface area contributed by atoms with Gasteiger partial charge < -0.3 is 19.1 Å². The summed E-state index contributed by atoms with van der Waals surface area (Å²) in [6.45, 7) is -0.0735. The van der Waals surface area contributed by atoms with E-state index in [9.17, 15) is 71.8 Å². The number of carboxylic acid groups (broad SMARTS) is 1. The summed E-state index contributed by atoms with van der Waals surface area (Å²) in [6.07, 6.45) is -15.0. The molecular weight excluding hydrogens is 541 g/mol. The predicted octanol–water partition coefficient (Wildman–Crippen LogP) is 4.04. The van der Waals surface area contributed by atoms with Gasteiger partial charge in [-0.3, -0.25) is 4.79 Å². The summed E-state index contributed by atoms with van der Waals surface area (Å²) in [6, 6.07) is 0. The molecule has 5 nitrogen and oxygen atoms in total. The summed E-state index contributed by atoms with van der Waals surface area (Å²) in [5.41, 5.74) is 0. The van der Waals surface area contributed by atoms with Crippen molar-refractivity contribution >= 4 is 11.9 Å². The van der Waals surface area contributed by atoms with Crippen LogP contribution >= 0.6 is 0 Å². The van der Waals surface area contributed by atoms with Crippen LogP contribution in [0.1, 0.15) is 32.1 Å². The standard InChI is InChI=1S/C18H22F13NO4/c1-32(2,3)9-10(8-11(33)34)36-12(35)6-4-5-7-13(19,20)14(21,22)15(23,24)16(25,26)17(27,28)18(29,30)31/h10H,4-9H2,1-3H3.